The molecule has 2 aliphatic rings. The Morgan fingerprint density at radius 3 is 2.76 bits per heavy atom. The van der Waals surface area contributed by atoms with Gasteiger partial charge in [-0.15, -0.1) is 0 Å². The number of nitrogens with one attached hydrogen (secondary N) is 2. The SMILES string of the molecule is Oc1nc(NC2CCCCCCC2)[nH]c1C=c1ccc2c(c1)C=NN=2. The molecule has 0 atom stereocenters. The Morgan fingerprint density at radius 2 is 1.92 bits per heavy atom. The summed E-state index contributed by atoms with van der Waals surface area (Å²) in [6.45, 7) is 0. The minimum Gasteiger partial charge on any atom is -0.492 e. The monoisotopic (exact) mass is 337 g/mol. The molecule has 3 N–H and O–H groups in total. The van der Waals surface area contributed by atoms with Gasteiger partial charge in [0.2, 0.25) is 11.8 Å². The van der Waals surface area contributed by atoms with Gasteiger partial charge >= 0.3 is 0 Å². The quantitative estimate of drug-likeness (QED) is 0.804. The number of aromatic amines is 1. The molecule has 0 bridgehead atoms. The molecule has 6 heteroatoms. The van der Waals surface area contributed by atoms with E-state index < -0.39 is 0 Å². The minimum atomic E-state index is 0.0206. The van der Waals surface area contributed by atoms with Gasteiger partial charge in [-0.05, 0) is 36.3 Å². The van der Waals surface area contributed by atoms with Crippen LogP contribution in [0.25, 0.3) is 6.08 Å². The lowest BCUT2D eigenvalue weighted by molar-refractivity contribution is 0.454. The van der Waals surface area contributed by atoms with Crippen LogP contribution in [0.15, 0.2) is 28.4 Å². The number of aromatic hydroxyl groups is 1. The lowest BCUT2D eigenvalue weighted by Gasteiger charge is -2.20. The molecule has 0 amide bonds. The topological polar surface area (TPSA) is 85.7 Å². The predicted octanol–water partition coefficient (Wildman–Crippen LogP) is 2.44. The van der Waals surface area contributed by atoms with E-state index in [1.165, 1.54) is 32.1 Å². The summed E-state index contributed by atoms with van der Waals surface area (Å²) in [5.74, 6) is 0.666. The Kier molecular flexibility index (Phi) is 4.50. The molecule has 0 unspecified atom stereocenters. The fourth-order valence-corrected chi connectivity index (χ4v) is 3.52. The van der Waals surface area contributed by atoms with Crippen LogP contribution in [0.1, 0.15) is 56.2 Å². The van der Waals surface area contributed by atoms with E-state index in [0.717, 1.165) is 29.0 Å². The minimum absolute atomic E-state index is 0.0206. The van der Waals surface area contributed by atoms with Crippen molar-refractivity contribution in [2.24, 2.45) is 10.2 Å². The summed E-state index contributed by atoms with van der Waals surface area (Å²) in [6, 6.07) is 6.31. The third kappa shape index (κ3) is 3.73. The van der Waals surface area contributed by atoms with Crippen LogP contribution < -0.4 is 15.9 Å². The average molecular weight is 337 g/mol. The molecule has 1 aromatic heterocycles. The highest BCUT2D eigenvalue weighted by molar-refractivity contribution is 5.80. The van der Waals surface area contributed by atoms with Crippen LogP contribution in [0.2, 0.25) is 0 Å². The number of H-pyrrole nitrogens is 1. The normalized spacial score (nSPS) is 18.5. The Balaban J connectivity index is 1.53. The first-order valence-electron chi connectivity index (χ1n) is 9.06. The molecule has 6 nitrogen and oxygen atoms in total. The standard InChI is InChI=1S/C19H23N5O/c25-18-17(11-13-8-9-16-14(10-13)12-20-24-16)22-19(23-18)21-15-6-4-2-1-3-5-7-15/h8-12,15,25H,1-7H2,(H2,21,22,23). The number of nitrogens with zero attached hydrogens (tertiary/aromatic N) is 3. The molecular weight excluding hydrogens is 314 g/mol. The number of rotatable bonds is 3. The highest BCUT2D eigenvalue weighted by atomic mass is 16.3. The molecule has 1 fully saturated rings. The van der Waals surface area contributed by atoms with E-state index in [-0.39, 0.29) is 5.88 Å². The van der Waals surface area contributed by atoms with E-state index in [1.807, 2.05) is 24.3 Å². The van der Waals surface area contributed by atoms with Crippen LogP contribution in [-0.2, 0) is 0 Å². The van der Waals surface area contributed by atoms with Crippen molar-refractivity contribution in [3.63, 3.8) is 0 Å². The number of imidazole rings is 1. The zero-order valence-corrected chi connectivity index (χ0v) is 14.2. The second-order valence-corrected chi connectivity index (χ2v) is 6.82. The number of anilines is 1. The van der Waals surface area contributed by atoms with E-state index in [4.69, 9.17) is 0 Å². The van der Waals surface area contributed by atoms with Crippen molar-refractivity contribution >= 4 is 18.2 Å². The maximum atomic E-state index is 10.2. The van der Waals surface area contributed by atoms with Gasteiger partial charge in [-0.2, -0.15) is 15.2 Å². The van der Waals surface area contributed by atoms with Crippen LogP contribution in [0.3, 0.4) is 0 Å². The lowest BCUT2D eigenvalue weighted by atomic mass is 9.97. The number of hydrogen-bond donors (Lipinski definition) is 3. The molecule has 25 heavy (non-hydrogen) atoms. The molecule has 0 radical (unpaired) electrons. The molecule has 2 aromatic rings. The number of benzene rings is 1. The van der Waals surface area contributed by atoms with E-state index in [2.05, 4.69) is 25.5 Å². The summed E-state index contributed by atoms with van der Waals surface area (Å²) in [7, 11) is 0. The van der Waals surface area contributed by atoms with E-state index in [0.29, 0.717) is 17.7 Å². The first-order chi connectivity index (χ1) is 12.3. The molecular formula is C19H23N5O. The van der Waals surface area contributed by atoms with Crippen molar-refractivity contribution in [2.75, 3.05) is 5.32 Å². The third-order valence-corrected chi connectivity index (χ3v) is 4.88. The Hall–Kier alpha value is -2.63. The fourth-order valence-electron chi connectivity index (χ4n) is 3.52. The highest BCUT2D eigenvalue weighted by Crippen LogP contribution is 2.22. The van der Waals surface area contributed by atoms with Crippen molar-refractivity contribution in [1.29, 1.82) is 0 Å². The first kappa shape index (κ1) is 15.9. The van der Waals surface area contributed by atoms with Gasteiger partial charge in [-0.25, -0.2) is 0 Å². The predicted molar refractivity (Wildman–Crippen MR) is 98.4 cm³/mol. The Labute approximate surface area is 146 Å². The van der Waals surface area contributed by atoms with Crippen LogP contribution in [0, 0.1) is 0 Å². The number of fused-ring (bicyclic) bond motifs is 1. The summed E-state index contributed by atoms with van der Waals surface area (Å²) >= 11 is 0. The smallest absolute Gasteiger partial charge is 0.238 e. The van der Waals surface area contributed by atoms with Gasteiger partial charge in [-0.3, -0.25) is 0 Å². The van der Waals surface area contributed by atoms with Gasteiger partial charge < -0.3 is 15.4 Å². The lowest BCUT2D eigenvalue weighted by Crippen LogP contribution is -2.21. The van der Waals surface area contributed by atoms with Crippen LogP contribution in [0.4, 0.5) is 5.95 Å². The molecule has 4 rings (SSSR count). The van der Waals surface area contributed by atoms with E-state index in [9.17, 15) is 5.11 Å². The van der Waals surface area contributed by atoms with Crippen LogP contribution in [-0.4, -0.2) is 27.3 Å². The fraction of sp³-hybridized carbons (Fsp3) is 0.421. The van der Waals surface area contributed by atoms with Gasteiger partial charge in [0.15, 0.2) is 0 Å². The van der Waals surface area contributed by atoms with Gasteiger partial charge in [0.05, 0.1) is 11.6 Å². The van der Waals surface area contributed by atoms with Crippen LogP contribution in [0.5, 0.6) is 5.88 Å². The summed E-state index contributed by atoms with van der Waals surface area (Å²) in [4.78, 5) is 7.44. The van der Waals surface area contributed by atoms with Gasteiger partial charge in [0, 0.05) is 11.6 Å². The largest absolute Gasteiger partial charge is 0.492 e. The highest BCUT2D eigenvalue weighted by Gasteiger charge is 2.14. The molecule has 2 heterocycles. The van der Waals surface area contributed by atoms with E-state index >= 15 is 0 Å². The van der Waals surface area contributed by atoms with Gasteiger partial charge in [0.25, 0.3) is 0 Å². The summed E-state index contributed by atoms with van der Waals surface area (Å²) in [6.07, 6.45) is 12.4. The molecule has 130 valence electrons. The van der Waals surface area contributed by atoms with Gasteiger partial charge in [-0.1, -0.05) is 38.2 Å². The maximum absolute atomic E-state index is 10.2. The third-order valence-electron chi connectivity index (χ3n) is 4.88. The second kappa shape index (κ2) is 7.09. The molecule has 1 aliphatic heterocycles. The van der Waals surface area contributed by atoms with Crippen LogP contribution >= 0.6 is 0 Å². The van der Waals surface area contributed by atoms with Crippen molar-refractivity contribution < 1.29 is 5.11 Å². The summed E-state index contributed by atoms with van der Waals surface area (Å²) in [5, 5.41) is 23.4. The van der Waals surface area contributed by atoms with Crippen molar-refractivity contribution in [3.05, 3.63) is 40.0 Å². The summed E-state index contributed by atoms with van der Waals surface area (Å²) < 4.78 is 0. The Morgan fingerprint density at radius 1 is 1.12 bits per heavy atom. The molecule has 1 saturated carbocycles. The van der Waals surface area contributed by atoms with Crippen molar-refractivity contribution in [2.45, 2.75) is 51.0 Å². The maximum Gasteiger partial charge on any atom is 0.238 e. The Bertz CT molecular complexity index is 891. The van der Waals surface area contributed by atoms with Gasteiger partial charge in [0.1, 0.15) is 5.69 Å². The number of hydrogen-bond acceptors (Lipinski definition) is 5. The van der Waals surface area contributed by atoms with Crippen molar-refractivity contribution in [3.8, 4) is 5.88 Å². The average Bonchev–Trinajstić information content (AvgIpc) is 3.16. The van der Waals surface area contributed by atoms with E-state index in [1.54, 1.807) is 6.21 Å². The number of aromatic nitrogens is 2. The molecule has 0 saturated heterocycles. The zero-order chi connectivity index (χ0) is 17.1. The molecule has 0 spiro atoms. The van der Waals surface area contributed by atoms with Crippen molar-refractivity contribution in [1.82, 2.24) is 9.97 Å². The first-order valence-corrected chi connectivity index (χ1v) is 9.06. The molecule has 1 aromatic carbocycles. The second-order valence-electron chi connectivity index (χ2n) is 6.82. The zero-order valence-electron chi connectivity index (χ0n) is 14.2. The summed E-state index contributed by atoms with van der Waals surface area (Å²) in [5.41, 5.74) is 1.60. The molecule has 1 aliphatic carbocycles.